The molecule has 0 spiro atoms. The van der Waals surface area contributed by atoms with Crippen molar-refractivity contribution in [2.75, 3.05) is 31.1 Å². The second-order valence-corrected chi connectivity index (χ2v) is 6.79. The van der Waals surface area contributed by atoms with Crippen LogP contribution >= 0.6 is 11.6 Å². The normalized spacial score (nSPS) is 14.2. The predicted octanol–water partition coefficient (Wildman–Crippen LogP) is 3.77. The van der Waals surface area contributed by atoms with Crippen LogP contribution in [0, 0.1) is 0 Å². The van der Waals surface area contributed by atoms with Crippen molar-refractivity contribution in [1.29, 1.82) is 0 Å². The summed E-state index contributed by atoms with van der Waals surface area (Å²) in [6, 6.07) is 10.1. The Morgan fingerprint density at radius 1 is 1.04 bits per heavy atom. The van der Waals surface area contributed by atoms with Crippen LogP contribution in [0.25, 0.3) is 28.3 Å². The fourth-order valence-electron chi connectivity index (χ4n) is 3.31. The monoisotopic (exact) mass is 396 g/mol. The molecule has 1 N–H and O–H groups in total. The molecule has 28 heavy (non-hydrogen) atoms. The number of piperazine rings is 1. The highest BCUT2D eigenvalue weighted by atomic mass is 35.5. The molecule has 0 amide bonds. The molecule has 1 fully saturated rings. The van der Waals surface area contributed by atoms with Crippen LogP contribution in [0.3, 0.4) is 0 Å². The van der Waals surface area contributed by atoms with Gasteiger partial charge in [0.05, 0.1) is 23.4 Å². The van der Waals surface area contributed by atoms with Gasteiger partial charge in [-0.1, -0.05) is 19.0 Å². The zero-order chi connectivity index (χ0) is 18.2. The average Bonchev–Trinajstić information content (AvgIpc) is 3.34. The molecule has 1 aromatic carbocycles. The summed E-state index contributed by atoms with van der Waals surface area (Å²) in [6.07, 6.45) is 5.27. The third-order valence-corrected chi connectivity index (χ3v) is 4.89. The summed E-state index contributed by atoms with van der Waals surface area (Å²) in [5.41, 5.74) is 2.68. The van der Waals surface area contributed by atoms with Crippen molar-refractivity contribution in [3.05, 3.63) is 53.9 Å². The maximum atomic E-state index is 6.08. The molecule has 0 saturated carbocycles. The third-order valence-electron chi connectivity index (χ3n) is 4.64. The second-order valence-electron chi connectivity index (χ2n) is 6.36. The summed E-state index contributed by atoms with van der Waals surface area (Å²) >= 11 is 6.06. The van der Waals surface area contributed by atoms with Crippen LogP contribution < -0.4 is 10.2 Å². The van der Waals surface area contributed by atoms with Crippen LogP contribution in [0.15, 0.2) is 53.3 Å². The number of oxazole rings is 1. The van der Waals surface area contributed by atoms with Gasteiger partial charge in [0, 0.05) is 43.1 Å². The van der Waals surface area contributed by atoms with Crippen molar-refractivity contribution in [3.8, 4) is 17.3 Å². The van der Waals surface area contributed by atoms with Crippen LogP contribution in [0.2, 0.25) is 5.02 Å². The van der Waals surface area contributed by atoms with Crippen LogP contribution in [-0.2, 0) is 0 Å². The number of hydrogen-bond acceptors (Lipinski definition) is 6. The highest BCUT2D eigenvalue weighted by molar-refractivity contribution is 6.30. The van der Waals surface area contributed by atoms with E-state index in [0.717, 1.165) is 42.9 Å². The van der Waals surface area contributed by atoms with Crippen molar-refractivity contribution in [2.45, 2.75) is 7.43 Å². The summed E-state index contributed by atoms with van der Waals surface area (Å²) in [4.78, 5) is 15.6. The zero-order valence-electron chi connectivity index (χ0n) is 14.5. The Kier molecular flexibility index (Phi) is 5.02. The summed E-state index contributed by atoms with van der Waals surface area (Å²) in [7, 11) is 0. The Balaban J connectivity index is 0.00000192. The number of fused-ring (bicyclic) bond motifs is 1. The number of pyridine rings is 1. The van der Waals surface area contributed by atoms with E-state index in [1.54, 1.807) is 18.6 Å². The lowest BCUT2D eigenvalue weighted by Gasteiger charge is -2.25. The summed E-state index contributed by atoms with van der Waals surface area (Å²) in [6.45, 7) is 3.59. The molecule has 8 heteroatoms. The van der Waals surface area contributed by atoms with Gasteiger partial charge in [-0.2, -0.15) is 0 Å². The van der Waals surface area contributed by atoms with E-state index < -0.39 is 0 Å². The maximum Gasteiger partial charge on any atom is 0.297 e. The molecule has 5 rings (SSSR count). The molecule has 0 bridgehead atoms. The molecule has 1 saturated heterocycles. The van der Waals surface area contributed by atoms with E-state index in [4.69, 9.17) is 21.0 Å². The molecule has 0 atom stereocenters. The van der Waals surface area contributed by atoms with E-state index >= 15 is 0 Å². The zero-order valence-corrected chi connectivity index (χ0v) is 15.2. The molecule has 0 radical (unpaired) electrons. The van der Waals surface area contributed by atoms with Crippen LogP contribution in [0.5, 0.6) is 0 Å². The second kappa shape index (κ2) is 7.61. The van der Waals surface area contributed by atoms with Gasteiger partial charge < -0.3 is 14.6 Å². The number of nitrogens with zero attached hydrogens (tertiary/aromatic N) is 5. The number of rotatable bonds is 3. The summed E-state index contributed by atoms with van der Waals surface area (Å²) in [5.74, 6) is 1.31. The largest absolute Gasteiger partial charge is 0.420 e. The first-order chi connectivity index (χ1) is 13.3. The molecule has 1 aliphatic rings. The highest BCUT2D eigenvalue weighted by Gasteiger charge is 2.21. The van der Waals surface area contributed by atoms with E-state index in [1.807, 2.05) is 34.9 Å². The number of anilines is 1. The SMILES string of the molecule is C.Clc1ccc(-n2c(-c3cnc(N4CCNCC4)o3)nc3ccncc32)cc1. The Bertz CT molecular complexity index is 1080. The van der Waals surface area contributed by atoms with Gasteiger partial charge in [0.2, 0.25) is 0 Å². The van der Waals surface area contributed by atoms with E-state index in [1.165, 1.54) is 0 Å². The molecule has 0 aliphatic carbocycles. The Labute approximate surface area is 168 Å². The minimum Gasteiger partial charge on any atom is -0.420 e. The average molecular weight is 397 g/mol. The molecular formula is C20H21ClN6O. The van der Waals surface area contributed by atoms with Crippen LogP contribution in [0.4, 0.5) is 6.01 Å². The minimum atomic E-state index is 0. The molecule has 3 aromatic heterocycles. The predicted molar refractivity (Wildman–Crippen MR) is 111 cm³/mol. The summed E-state index contributed by atoms with van der Waals surface area (Å²) in [5, 5.41) is 4.01. The fraction of sp³-hybridized carbons (Fsp3) is 0.250. The van der Waals surface area contributed by atoms with Gasteiger partial charge in [0.15, 0.2) is 11.6 Å². The van der Waals surface area contributed by atoms with Crippen LogP contribution in [-0.4, -0.2) is 45.7 Å². The molecule has 0 unspecified atom stereocenters. The number of imidazole rings is 1. The first-order valence-corrected chi connectivity index (χ1v) is 9.18. The molecule has 7 nitrogen and oxygen atoms in total. The van der Waals surface area contributed by atoms with E-state index in [-0.39, 0.29) is 7.43 Å². The molecular weight excluding hydrogens is 376 g/mol. The lowest BCUT2D eigenvalue weighted by Crippen LogP contribution is -2.43. The van der Waals surface area contributed by atoms with Gasteiger partial charge >= 0.3 is 0 Å². The van der Waals surface area contributed by atoms with E-state index in [9.17, 15) is 0 Å². The number of benzene rings is 1. The van der Waals surface area contributed by atoms with Gasteiger partial charge in [0.1, 0.15) is 0 Å². The molecule has 1 aliphatic heterocycles. The van der Waals surface area contributed by atoms with Crippen molar-refractivity contribution in [3.63, 3.8) is 0 Å². The van der Waals surface area contributed by atoms with Crippen molar-refractivity contribution in [2.24, 2.45) is 0 Å². The fourth-order valence-corrected chi connectivity index (χ4v) is 3.44. The highest BCUT2D eigenvalue weighted by Crippen LogP contribution is 2.30. The van der Waals surface area contributed by atoms with Crippen molar-refractivity contribution < 1.29 is 4.42 Å². The molecule has 144 valence electrons. The quantitative estimate of drug-likeness (QED) is 0.568. The first kappa shape index (κ1) is 18.5. The number of aromatic nitrogens is 4. The van der Waals surface area contributed by atoms with Crippen molar-refractivity contribution in [1.82, 2.24) is 24.8 Å². The third kappa shape index (κ3) is 3.23. The number of halogens is 1. The first-order valence-electron chi connectivity index (χ1n) is 8.80. The van der Waals surface area contributed by atoms with Gasteiger partial charge in [-0.3, -0.25) is 9.55 Å². The van der Waals surface area contributed by atoms with Crippen molar-refractivity contribution >= 4 is 28.6 Å². The standard InChI is InChI=1S/C19H17ClN6O.CH4/c20-13-1-3-14(4-2-13)26-16-11-22-6-5-15(16)24-18(26)17-12-23-19(27-17)25-9-7-21-8-10-25;/h1-6,11-12,21H,7-10H2;1H4. The van der Waals surface area contributed by atoms with E-state index in [0.29, 0.717) is 22.6 Å². The number of hydrogen-bond donors (Lipinski definition) is 1. The van der Waals surface area contributed by atoms with E-state index in [2.05, 4.69) is 20.2 Å². The smallest absolute Gasteiger partial charge is 0.297 e. The molecule has 4 aromatic rings. The minimum absolute atomic E-state index is 0. The topological polar surface area (TPSA) is 72.0 Å². The van der Waals surface area contributed by atoms with Gasteiger partial charge in [-0.05, 0) is 30.3 Å². The lowest BCUT2D eigenvalue weighted by atomic mass is 10.3. The summed E-state index contributed by atoms with van der Waals surface area (Å²) < 4.78 is 8.10. The number of nitrogens with one attached hydrogen (secondary N) is 1. The van der Waals surface area contributed by atoms with Gasteiger partial charge in [0.25, 0.3) is 6.01 Å². The Morgan fingerprint density at radius 2 is 1.82 bits per heavy atom. The van der Waals surface area contributed by atoms with Crippen LogP contribution in [0.1, 0.15) is 7.43 Å². The Morgan fingerprint density at radius 3 is 2.61 bits per heavy atom. The maximum absolute atomic E-state index is 6.08. The van der Waals surface area contributed by atoms with Gasteiger partial charge in [-0.15, -0.1) is 0 Å². The lowest BCUT2D eigenvalue weighted by molar-refractivity contribution is 0.503. The Hall–Kier alpha value is -2.90. The van der Waals surface area contributed by atoms with Gasteiger partial charge in [-0.25, -0.2) is 9.97 Å². The molecule has 4 heterocycles.